The van der Waals surface area contributed by atoms with Gasteiger partial charge < -0.3 is 9.84 Å². The van der Waals surface area contributed by atoms with Crippen molar-refractivity contribution in [1.29, 1.82) is 0 Å². The number of benzene rings is 1. The van der Waals surface area contributed by atoms with Crippen molar-refractivity contribution >= 4 is 11.3 Å². The van der Waals surface area contributed by atoms with Crippen molar-refractivity contribution < 1.29 is 9.84 Å². The molecule has 1 heterocycles. The zero-order valence-electron chi connectivity index (χ0n) is 9.88. The van der Waals surface area contributed by atoms with Gasteiger partial charge in [-0.05, 0) is 26.0 Å². The van der Waals surface area contributed by atoms with Crippen molar-refractivity contribution in [1.82, 2.24) is 4.98 Å². The normalized spacial score (nSPS) is 12.4. The Hall–Kier alpha value is -1.39. The Morgan fingerprint density at radius 1 is 1.41 bits per heavy atom. The summed E-state index contributed by atoms with van der Waals surface area (Å²) in [4.78, 5) is 5.20. The minimum absolute atomic E-state index is 0.472. The fraction of sp³-hybridized carbons (Fsp3) is 0.308. The van der Waals surface area contributed by atoms with Gasteiger partial charge in [0.1, 0.15) is 10.8 Å². The van der Waals surface area contributed by atoms with Gasteiger partial charge in [0.25, 0.3) is 0 Å². The van der Waals surface area contributed by atoms with Crippen LogP contribution >= 0.6 is 11.3 Å². The summed E-state index contributed by atoms with van der Waals surface area (Å²) in [6.45, 7) is 4.33. The van der Waals surface area contributed by atoms with E-state index in [-0.39, 0.29) is 0 Å². The van der Waals surface area contributed by atoms with Gasteiger partial charge >= 0.3 is 0 Å². The summed E-state index contributed by atoms with van der Waals surface area (Å²) in [7, 11) is 0. The smallest absolute Gasteiger partial charge is 0.129 e. The second-order valence-electron chi connectivity index (χ2n) is 3.67. The van der Waals surface area contributed by atoms with E-state index < -0.39 is 6.10 Å². The fourth-order valence-electron chi connectivity index (χ4n) is 1.53. The second kappa shape index (κ2) is 5.29. The number of nitrogens with zero attached hydrogens (tertiary/aromatic N) is 1. The maximum absolute atomic E-state index is 9.50. The summed E-state index contributed by atoms with van der Waals surface area (Å²) in [5.41, 5.74) is 0.978. The first kappa shape index (κ1) is 12.1. The third-order valence-corrected chi connectivity index (χ3v) is 3.55. The Morgan fingerprint density at radius 2 is 2.18 bits per heavy atom. The molecule has 0 aliphatic rings. The number of aliphatic hydroxyl groups is 1. The molecule has 0 radical (unpaired) electrons. The van der Waals surface area contributed by atoms with Gasteiger partial charge in [0.05, 0.1) is 23.2 Å². The highest BCUT2D eigenvalue weighted by molar-refractivity contribution is 7.15. The van der Waals surface area contributed by atoms with Crippen LogP contribution in [-0.4, -0.2) is 16.7 Å². The topological polar surface area (TPSA) is 42.4 Å². The van der Waals surface area contributed by atoms with Gasteiger partial charge in [-0.2, -0.15) is 0 Å². The van der Waals surface area contributed by atoms with Gasteiger partial charge in [-0.1, -0.05) is 12.1 Å². The molecule has 17 heavy (non-hydrogen) atoms. The molecule has 1 aromatic carbocycles. The van der Waals surface area contributed by atoms with E-state index in [1.54, 1.807) is 13.1 Å². The van der Waals surface area contributed by atoms with E-state index in [9.17, 15) is 5.11 Å². The molecule has 1 unspecified atom stereocenters. The molecule has 0 saturated carbocycles. The minimum Gasteiger partial charge on any atom is -0.493 e. The van der Waals surface area contributed by atoms with Gasteiger partial charge in [0, 0.05) is 6.20 Å². The van der Waals surface area contributed by atoms with Crippen LogP contribution in [0.1, 0.15) is 24.8 Å². The molecule has 0 amide bonds. The first-order chi connectivity index (χ1) is 8.22. The van der Waals surface area contributed by atoms with Crippen molar-refractivity contribution in [2.45, 2.75) is 20.0 Å². The molecule has 0 bridgehead atoms. The largest absolute Gasteiger partial charge is 0.493 e. The summed E-state index contributed by atoms with van der Waals surface area (Å²) in [5.74, 6) is 0.835. The van der Waals surface area contributed by atoms with Crippen LogP contribution in [0.5, 0.6) is 5.75 Å². The summed E-state index contributed by atoms with van der Waals surface area (Å²) in [6.07, 6.45) is 1.24. The third kappa shape index (κ3) is 2.65. The fourth-order valence-corrected chi connectivity index (χ4v) is 2.41. The molecule has 0 aliphatic heterocycles. The third-order valence-electron chi connectivity index (χ3n) is 2.35. The number of rotatable bonds is 4. The van der Waals surface area contributed by atoms with E-state index in [1.807, 2.05) is 31.2 Å². The first-order valence-electron chi connectivity index (χ1n) is 5.58. The van der Waals surface area contributed by atoms with E-state index in [0.29, 0.717) is 6.61 Å². The zero-order valence-corrected chi connectivity index (χ0v) is 10.7. The number of hydrogen-bond acceptors (Lipinski definition) is 4. The van der Waals surface area contributed by atoms with Gasteiger partial charge in [-0.3, -0.25) is 0 Å². The average Bonchev–Trinajstić information content (AvgIpc) is 2.79. The minimum atomic E-state index is -0.472. The van der Waals surface area contributed by atoms with Crippen molar-refractivity contribution in [3.05, 3.63) is 35.3 Å². The number of hydrogen-bond donors (Lipinski definition) is 1. The highest BCUT2D eigenvalue weighted by Gasteiger charge is 2.11. The SMILES string of the molecule is CCOc1ccccc1-c1ncc(C(C)O)s1. The number of thiazole rings is 1. The van der Waals surface area contributed by atoms with Crippen molar-refractivity contribution in [2.24, 2.45) is 0 Å². The standard InChI is InChI=1S/C13H15NO2S/c1-3-16-11-7-5-4-6-10(11)13-14-8-12(17-13)9(2)15/h4-9,15H,3H2,1-2H3. The number of ether oxygens (including phenoxy) is 1. The van der Waals surface area contributed by atoms with Gasteiger partial charge in [0.15, 0.2) is 0 Å². The lowest BCUT2D eigenvalue weighted by molar-refractivity contribution is 0.203. The lowest BCUT2D eigenvalue weighted by Gasteiger charge is -2.07. The van der Waals surface area contributed by atoms with Crippen LogP contribution in [-0.2, 0) is 0 Å². The van der Waals surface area contributed by atoms with Crippen LogP contribution in [0.2, 0.25) is 0 Å². The molecule has 3 nitrogen and oxygen atoms in total. The lowest BCUT2D eigenvalue weighted by Crippen LogP contribution is -1.93. The van der Waals surface area contributed by atoms with E-state index in [4.69, 9.17) is 4.74 Å². The molecule has 1 atom stereocenters. The Balaban J connectivity index is 2.38. The molecule has 0 fully saturated rings. The van der Waals surface area contributed by atoms with Crippen LogP contribution in [0, 0.1) is 0 Å². The van der Waals surface area contributed by atoms with E-state index >= 15 is 0 Å². The summed E-state index contributed by atoms with van der Waals surface area (Å²) in [6, 6.07) is 7.82. The monoisotopic (exact) mass is 249 g/mol. The highest BCUT2D eigenvalue weighted by Crippen LogP contribution is 2.34. The molecule has 0 saturated heterocycles. The molecule has 1 aromatic heterocycles. The molecule has 2 rings (SSSR count). The van der Waals surface area contributed by atoms with E-state index in [0.717, 1.165) is 21.2 Å². The molecular formula is C13H15NO2S. The van der Waals surface area contributed by atoms with Crippen molar-refractivity contribution in [2.75, 3.05) is 6.61 Å². The van der Waals surface area contributed by atoms with Crippen LogP contribution in [0.25, 0.3) is 10.6 Å². The predicted molar refractivity (Wildman–Crippen MR) is 69.4 cm³/mol. The van der Waals surface area contributed by atoms with Gasteiger partial charge in [-0.25, -0.2) is 4.98 Å². The summed E-state index contributed by atoms with van der Waals surface area (Å²) in [5, 5.41) is 10.4. The highest BCUT2D eigenvalue weighted by atomic mass is 32.1. The van der Waals surface area contributed by atoms with Crippen molar-refractivity contribution in [3.63, 3.8) is 0 Å². The number of para-hydroxylation sites is 1. The predicted octanol–water partition coefficient (Wildman–Crippen LogP) is 3.26. The lowest BCUT2D eigenvalue weighted by atomic mass is 10.2. The van der Waals surface area contributed by atoms with Crippen molar-refractivity contribution in [3.8, 4) is 16.3 Å². The summed E-state index contributed by atoms with van der Waals surface area (Å²) >= 11 is 1.49. The Bertz CT molecular complexity index is 494. The maximum Gasteiger partial charge on any atom is 0.129 e. The van der Waals surface area contributed by atoms with Crippen LogP contribution in [0.4, 0.5) is 0 Å². The molecule has 90 valence electrons. The second-order valence-corrected chi connectivity index (χ2v) is 4.74. The van der Waals surface area contributed by atoms with Crippen LogP contribution in [0.3, 0.4) is 0 Å². The Kier molecular flexibility index (Phi) is 3.76. The molecule has 4 heteroatoms. The first-order valence-corrected chi connectivity index (χ1v) is 6.40. The number of aromatic nitrogens is 1. The Labute approximate surface area is 105 Å². The quantitative estimate of drug-likeness (QED) is 0.904. The van der Waals surface area contributed by atoms with E-state index in [2.05, 4.69) is 4.98 Å². The average molecular weight is 249 g/mol. The molecule has 0 aliphatic carbocycles. The van der Waals surface area contributed by atoms with Gasteiger partial charge in [-0.15, -0.1) is 11.3 Å². The number of aliphatic hydroxyl groups excluding tert-OH is 1. The van der Waals surface area contributed by atoms with Crippen LogP contribution in [0.15, 0.2) is 30.5 Å². The maximum atomic E-state index is 9.50. The van der Waals surface area contributed by atoms with Gasteiger partial charge in [0.2, 0.25) is 0 Å². The van der Waals surface area contributed by atoms with E-state index in [1.165, 1.54) is 11.3 Å². The molecule has 2 aromatic rings. The molecule has 0 spiro atoms. The zero-order chi connectivity index (χ0) is 12.3. The van der Waals surface area contributed by atoms with Crippen LogP contribution < -0.4 is 4.74 Å². The Morgan fingerprint density at radius 3 is 2.82 bits per heavy atom. The summed E-state index contributed by atoms with van der Waals surface area (Å²) < 4.78 is 5.57. The molecular weight excluding hydrogens is 234 g/mol. The molecule has 1 N–H and O–H groups in total.